The molecule has 0 aliphatic heterocycles. The maximum absolute atomic E-state index is 13.4. The van der Waals surface area contributed by atoms with E-state index in [0.29, 0.717) is 5.56 Å². The SMILES string of the molecule is C=CCOc1nc2ccccc2c(-c2ccccc2)c1C(=O)/C=C/c1cncnc1. The third-order valence-corrected chi connectivity index (χ3v) is 4.51. The van der Waals surface area contributed by atoms with E-state index in [9.17, 15) is 4.79 Å². The Kier molecular flexibility index (Phi) is 5.71. The molecular formula is C25H19N3O2. The first-order chi connectivity index (χ1) is 14.8. The highest BCUT2D eigenvalue weighted by molar-refractivity contribution is 6.16. The zero-order valence-electron chi connectivity index (χ0n) is 16.2. The molecule has 2 aromatic carbocycles. The number of fused-ring (bicyclic) bond motifs is 1. The molecule has 4 aromatic rings. The fourth-order valence-corrected chi connectivity index (χ4v) is 3.22. The lowest BCUT2D eigenvalue weighted by Crippen LogP contribution is -2.07. The molecule has 4 rings (SSSR count). The molecular weight excluding hydrogens is 374 g/mol. The lowest BCUT2D eigenvalue weighted by molar-refractivity contribution is 0.104. The maximum atomic E-state index is 13.4. The highest BCUT2D eigenvalue weighted by Crippen LogP contribution is 2.36. The van der Waals surface area contributed by atoms with Crippen molar-refractivity contribution in [2.75, 3.05) is 6.61 Å². The molecule has 2 heterocycles. The van der Waals surface area contributed by atoms with Gasteiger partial charge in [0.25, 0.3) is 0 Å². The second-order valence-electron chi connectivity index (χ2n) is 6.52. The molecule has 0 aliphatic carbocycles. The normalized spacial score (nSPS) is 10.9. The summed E-state index contributed by atoms with van der Waals surface area (Å²) in [5, 5.41) is 0.884. The van der Waals surface area contributed by atoms with Crippen molar-refractivity contribution in [3.63, 3.8) is 0 Å². The molecule has 0 saturated heterocycles. The van der Waals surface area contributed by atoms with Crippen molar-refractivity contribution in [2.24, 2.45) is 0 Å². The van der Waals surface area contributed by atoms with Gasteiger partial charge in [-0.05, 0) is 23.8 Å². The van der Waals surface area contributed by atoms with Gasteiger partial charge in [-0.2, -0.15) is 0 Å². The zero-order chi connectivity index (χ0) is 20.8. The van der Waals surface area contributed by atoms with Crippen molar-refractivity contribution >= 4 is 22.8 Å². The first-order valence-electron chi connectivity index (χ1n) is 9.47. The minimum atomic E-state index is -0.213. The van der Waals surface area contributed by atoms with Gasteiger partial charge in [0.1, 0.15) is 12.9 Å². The number of para-hydroxylation sites is 1. The molecule has 0 unspecified atom stereocenters. The van der Waals surface area contributed by atoms with E-state index >= 15 is 0 Å². The van der Waals surface area contributed by atoms with Crippen LogP contribution in [0, 0.1) is 0 Å². The fourth-order valence-electron chi connectivity index (χ4n) is 3.22. The quantitative estimate of drug-likeness (QED) is 0.247. The van der Waals surface area contributed by atoms with Gasteiger partial charge in [-0.15, -0.1) is 0 Å². The number of hydrogen-bond donors (Lipinski definition) is 0. The molecule has 0 spiro atoms. The Bertz CT molecular complexity index is 1220. The number of rotatable bonds is 7. The number of ketones is 1. The molecule has 30 heavy (non-hydrogen) atoms. The Morgan fingerprint density at radius 1 is 1.00 bits per heavy atom. The molecule has 0 amide bonds. The molecule has 0 saturated carbocycles. The molecule has 0 fully saturated rings. The standard InChI is InChI=1S/C25H19N3O2/c1-2-14-30-25-24(22(29)13-12-18-15-26-17-27-16-18)23(19-8-4-3-5-9-19)20-10-6-7-11-21(20)28-25/h2-13,15-17H,1,14H2/b13-12+. The van der Waals surface area contributed by atoms with Crippen LogP contribution in [0.3, 0.4) is 0 Å². The van der Waals surface area contributed by atoms with Crippen LogP contribution in [-0.2, 0) is 0 Å². The monoisotopic (exact) mass is 393 g/mol. The van der Waals surface area contributed by atoms with Gasteiger partial charge in [-0.1, -0.05) is 61.2 Å². The van der Waals surface area contributed by atoms with E-state index in [2.05, 4.69) is 21.5 Å². The van der Waals surface area contributed by atoms with E-state index in [-0.39, 0.29) is 18.3 Å². The second kappa shape index (κ2) is 8.92. The summed E-state index contributed by atoms with van der Waals surface area (Å²) in [5.41, 5.74) is 3.61. The second-order valence-corrected chi connectivity index (χ2v) is 6.52. The Hall–Kier alpha value is -4.12. The molecule has 2 aromatic heterocycles. The molecule has 0 aliphatic rings. The van der Waals surface area contributed by atoms with Gasteiger partial charge in [0.05, 0.1) is 11.1 Å². The number of nitrogens with zero attached hydrogens (tertiary/aromatic N) is 3. The number of benzene rings is 2. The predicted molar refractivity (Wildman–Crippen MR) is 118 cm³/mol. The number of ether oxygens (including phenoxy) is 1. The largest absolute Gasteiger partial charge is 0.473 e. The minimum absolute atomic E-state index is 0.213. The lowest BCUT2D eigenvalue weighted by atomic mass is 9.93. The first kappa shape index (κ1) is 19.2. The average molecular weight is 393 g/mol. The average Bonchev–Trinajstić information content (AvgIpc) is 2.81. The van der Waals surface area contributed by atoms with E-state index < -0.39 is 0 Å². The number of allylic oxidation sites excluding steroid dienone is 1. The highest BCUT2D eigenvalue weighted by atomic mass is 16.5. The number of pyridine rings is 1. The minimum Gasteiger partial charge on any atom is -0.473 e. The molecule has 0 bridgehead atoms. The number of hydrogen-bond acceptors (Lipinski definition) is 5. The van der Waals surface area contributed by atoms with Gasteiger partial charge in [-0.3, -0.25) is 4.79 Å². The van der Waals surface area contributed by atoms with Crippen LogP contribution in [0.25, 0.3) is 28.1 Å². The van der Waals surface area contributed by atoms with Crippen LogP contribution in [0.15, 0.2) is 92.0 Å². The zero-order valence-corrected chi connectivity index (χ0v) is 16.2. The van der Waals surface area contributed by atoms with E-state index in [1.165, 1.54) is 12.4 Å². The Labute approximate surface area is 174 Å². The molecule has 146 valence electrons. The summed E-state index contributed by atoms with van der Waals surface area (Å²) >= 11 is 0. The van der Waals surface area contributed by atoms with E-state index in [1.54, 1.807) is 24.5 Å². The maximum Gasteiger partial charge on any atom is 0.226 e. The van der Waals surface area contributed by atoms with Crippen molar-refractivity contribution in [3.8, 4) is 17.0 Å². The van der Waals surface area contributed by atoms with Crippen molar-refractivity contribution < 1.29 is 9.53 Å². The van der Waals surface area contributed by atoms with E-state index in [4.69, 9.17) is 4.74 Å². The fraction of sp³-hybridized carbons (Fsp3) is 0.0400. The third kappa shape index (κ3) is 4.00. The topological polar surface area (TPSA) is 65.0 Å². The van der Waals surface area contributed by atoms with Crippen molar-refractivity contribution in [3.05, 3.63) is 103 Å². The van der Waals surface area contributed by atoms with E-state index in [0.717, 1.165) is 27.6 Å². The number of carbonyl (C=O) groups is 1. The van der Waals surface area contributed by atoms with Crippen LogP contribution in [0.5, 0.6) is 5.88 Å². The van der Waals surface area contributed by atoms with Crippen molar-refractivity contribution in [1.29, 1.82) is 0 Å². The van der Waals surface area contributed by atoms with Gasteiger partial charge in [0.15, 0.2) is 5.78 Å². The number of aromatic nitrogens is 3. The van der Waals surface area contributed by atoms with Crippen LogP contribution in [0.1, 0.15) is 15.9 Å². The van der Waals surface area contributed by atoms with Crippen LogP contribution >= 0.6 is 0 Å². The summed E-state index contributed by atoms with van der Waals surface area (Å²) < 4.78 is 5.82. The Morgan fingerprint density at radius 3 is 2.50 bits per heavy atom. The Morgan fingerprint density at radius 2 is 1.73 bits per heavy atom. The van der Waals surface area contributed by atoms with Crippen molar-refractivity contribution in [2.45, 2.75) is 0 Å². The Balaban J connectivity index is 1.94. The number of carbonyl (C=O) groups excluding carboxylic acids is 1. The molecule has 0 radical (unpaired) electrons. The molecule has 5 nitrogen and oxygen atoms in total. The summed E-state index contributed by atoms with van der Waals surface area (Å²) in [7, 11) is 0. The van der Waals surface area contributed by atoms with Gasteiger partial charge >= 0.3 is 0 Å². The molecule has 0 N–H and O–H groups in total. The third-order valence-electron chi connectivity index (χ3n) is 4.51. The smallest absolute Gasteiger partial charge is 0.226 e. The lowest BCUT2D eigenvalue weighted by Gasteiger charge is -2.16. The summed E-state index contributed by atoms with van der Waals surface area (Å²) in [6.07, 6.45) is 9.54. The van der Waals surface area contributed by atoms with E-state index in [1.807, 2.05) is 54.6 Å². The van der Waals surface area contributed by atoms with Crippen LogP contribution in [0.2, 0.25) is 0 Å². The van der Waals surface area contributed by atoms with Crippen LogP contribution in [-0.4, -0.2) is 27.3 Å². The van der Waals surface area contributed by atoms with Gasteiger partial charge < -0.3 is 4.74 Å². The van der Waals surface area contributed by atoms with Gasteiger partial charge in [0.2, 0.25) is 5.88 Å². The summed E-state index contributed by atoms with van der Waals surface area (Å²) in [4.78, 5) is 25.9. The highest BCUT2D eigenvalue weighted by Gasteiger charge is 2.22. The molecule has 5 heteroatoms. The van der Waals surface area contributed by atoms with Crippen molar-refractivity contribution in [1.82, 2.24) is 15.0 Å². The van der Waals surface area contributed by atoms with Crippen LogP contribution in [0.4, 0.5) is 0 Å². The van der Waals surface area contributed by atoms with Gasteiger partial charge in [-0.25, -0.2) is 15.0 Å². The first-order valence-corrected chi connectivity index (χ1v) is 9.47. The summed E-state index contributed by atoms with van der Waals surface area (Å²) in [6.45, 7) is 3.95. The van der Waals surface area contributed by atoms with Crippen LogP contribution < -0.4 is 4.74 Å². The molecule has 0 atom stereocenters. The summed E-state index contributed by atoms with van der Waals surface area (Å²) in [6, 6.07) is 17.5. The predicted octanol–water partition coefficient (Wildman–Crippen LogP) is 5.15. The van der Waals surface area contributed by atoms with Gasteiger partial charge in [0, 0.05) is 28.9 Å². The summed E-state index contributed by atoms with van der Waals surface area (Å²) in [5.74, 6) is 0.0708.